The summed E-state index contributed by atoms with van der Waals surface area (Å²) < 4.78 is 8.22. The van der Waals surface area contributed by atoms with Gasteiger partial charge in [0.1, 0.15) is 17.5 Å². The SMILES string of the molecule is CCNC(=NCCc1cn2cccc(C)c2n1)N1CCC(Oc2ccccc2)CC1.I. The number of halogens is 1. The van der Waals surface area contributed by atoms with Crippen LogP contribution in [0.15, 0.2) is 59.9 Å². The minimum Gasteiger partial charge on any atom is -0.490 e. The number of aromatic nitrogens is 2. The lowest BCUT2D eigenvalue weighted by Gasteiger charge is -2.34. The molecule has 3 heterocycles. The first-order valence-electron chi connectivity index (χ1n) is 10.9. The van der Waals surface area contributed by atoms with E-state index in [1.54, 1.807) is 0 Å². The molecule has 1 aliphatic rings. The van der Waals surface area contributed by atoms with E-state index in [-0.39, 0.29) is 30.1 Å². The van der Waals surface area contributed by atoms with Gasteiger partial charge in [-0.3, -0.25) is 4.99 Å². The van der Waals surface area contributed by atoms with Crippen LogP contribution in [-0.2, 0) is 6.42 Å². The number of piperidine rings is 1. The number of para-hydroxylation sites is 1. The van der Waals surface area contributed by atoms with Crippen molar-refractivity contribution in [3.63, 3.8) is 0 Å². The fourth-order valence-electron chi connectivity index (χ4n) is 3.90. The van der Waals surface area contributed by atoms with Gasteiger partial charge in [0, 0.05) is 57.8 Å². The Morgan fingerprint density at radius 2 is 1.94 bits per heavy atom. The number of guanidine groups is 1. The molecule has 1 N–H and O–H groups in total. The van der Waals surface area contributed by atoms with Crippen molar-refractivity contribution >= 4 is 35.6 Å². The van der Waals surface area contributed by atoms with Gasteiger partial charge in [0.15, 0.2) is 5.96 Å². The van der Waals surface area contributed by atoms with E-state index in [9.17, 15) is 0 Å². The Morgan fingerprint density at radius 3 is 2.65 bits per heavy atom. The Bertz CT molecular complexity index is 980. The molecule has 0 unspecified atom stereocenters. The first-order valence-corrected chi connectivity index (χ1v) is 10.9. The summed E-state index contributed by atoms with van der Waals surface area (Å²) in [6.07, 6.45) is 7.28. The van der Waals surface area contributed by atoms with Crippen LogP contribution in [0.4, 0.5) is 0 Å². The summed E-state index contributed by atoms with van der Waals surface area (Å²) in [6.45, 7) is 7.72. The van der Waals surface area contributed by atoms with Gasteiger partial charge in [-0.15, -0.1) is 24.0 Å². The fourth-order valence-corrected chi connectivity index (χ4v) is 3.90. The number of rotatable bonds is 6. The van der Waals surface area contributed by atoms with E-state index >= 15 is 0 Å². The van der Waals surface area contributed by atoms with Crippen LogP contribution in [0.5, 0.6) is 5.75 Å². The highest BCUT2D eigenvalue weighted by atomic mass is 127. The molecule has 3 aromatic rings. The predicted molar refractivity (Wildman–Crippen MR) is 137 cm³/mol. The minimum atomic E-state index is 0. The normalized spacial score (nSPS) is 15.0. The van der Waals surface area contributed by atoms with Crippen molar-refractivity contribution in [1.82, 2.24) is 19.6 Å². The van der Waals surface area contributed by atoms with Crippen molar-refractivity contribution in [3.05, 3.63) is 66.1 Å². The predicted octanol–water partition coefficient (Wildman–Crippen LogP) is 4.31. The second-order valence-electron chi connectivity index (χ2n) is 7.76. The minimum absolute atomic E-state index is 0. The van der Waals surface area contributed by atoms with Gasteiger partial charge >= 0.3 is 0 Å². The highest BCUT2D eigenvalue weighted by Crippen LogP contribution is 2.19. The summed E-state index contributed by atoms with van der Waals surface area (Å²) >= 11 is 0. The van der Waals surface area contributed by atoms with Crippen LogP contribution in [0.3, 0.4) is 0 Å². The molecule has 0 amide bonds. The standard InChI is InChI=1S/C24H31N5O.HI/c1-3-25-24(26-14-11-20-18-29-15-7-8-19(2)23(29)27-20)28-16-12-22(13-17-28)30-21-9-5-4-6-10-21;/h4-10,15,18,22H,3,11-14,16-17H2,1-2H3,(H,25,26);1H. The van der Waals surface area contributed by atoms with Crippen molar-refractivity contribution in [2.24, 2.45) is 4.99 Å². The average molecular weight is 533 g/mol. The topological polar surface area (TPSA) is 54.2 Å². The molecular formula is C24H32IN5O. The molecule has 1 fully saturated rings. The van der Waals surface area contributed by atoms with Gasteiger partial charge < -0.3 is 19.4 Å². The second-order valence-corrected chi connectivity index (χ2v) is 7.76. The van der Waals surface area contributed by atoms with Crippen molar-refractivity contribution in [2.75, 3.05) is 26.2 Å². The molecule has 0 aliphatic carbocycles. The quantitative estimate of drug-likeness (QED) is 0.292. The Morgan fingerprint density at radius 1 is 1.16 bits per heavy atom. The van der Waals surface area contributed by atoms with Crippen LogP contribution in [0.1, 0.15) is 31.0 Å². The van der Waals surface area contributed by atoms with Crippen molar-refractivity contribution in [3.8, 4) is 5.75 Å². The number of hydrogen-bond acceptors (Lipinski definition) is 3. The van der Waals surface area contributed by atoms with Crippen molar-refractivity contribution in [2.45, 2.75) is 39.2 Å². The number of fused-ring (bicyclic) bond motifs is 1. The third-order valence-corrected chi connectivity index (χ3v) is 5.48. The zero-order valence-corrected chi connectivity index (χ0v) is 20.7. The molecule has 31 heavy (non-hydrogen) atoms. The van der Waals surface area contributed by atoms with E-state index in [2.05, 4.69) is 46.8 Å². The van der Waals surface area contributed by atoms with Gasteiger partial charge in [-0.05, 0) is 37.6 Å². The molecule has 0 atom stereocenters. The number of benzene rings is 1. The first-order chi connectivity index (χ1) is 14.7. The van der Waals surface area contributed by atoms with E-state index in [0.29, 0.717) is 0 Å². The van der Waals surface area contributed by atoms with Gasteiger partial charge in [0.2, 0.25) is 0 Å². The number of hydrogen-bond donors (Lipinski definition) is 1. The van der Waals surface area contributed by atoms with Crippen LogP contribution in [0.2, 0.25) is 0 Å². The summed E-state index contributed by atoms with van der Waals surface area (Å²) in [5.74, 6) is 1.95. The number of pyridine rings is 1. The molecule has 0 saturated carbocycles. The molecule has 1 saturated heterocycles. The zero-order chi connectivity index (χ0) is 20.8. The third-order valence-electron chi connectivity index (χ3n) is 5.48. The average Bonchev–Trinajstić information content (AvgIpc) is 3.19. The molecule has 6 nitrogen and oxygen atoms in total. The Balaban J connectivity index is 0.00000272. The lowest BCUT2D eigenvalue weighted by atomic mass is 10.1. The van der Waals surface area contributed by atoms with Gasteiger partial charge in [-0.25, -0.2) is 4.98 Å². The second kappa shape index (κ2) is 11.4. The van der Waals surface area contributed by atoms with Gasteiger partial charge in [0.05, 0.1) is 5.69 Å². The molecule has 2 aromatic heterocycles. The van der Waals surface area contributed by atoms with Crippen LogP contribution in [0, 0.1) is 6.92 Å². The highest BCUT2D eigenvalue weighted by Gasteiger charge is 2.22. The van der Waals surface area contributed by atoms with Gasteiger partial charge in [-0.1, -0.05) is 24.3 Å². The fraction of sp³-hybridized carbons (Fsp3) is 0.417. The summed E-state index contributed by atoms with van der Waals surface area (Å²) in [5.41, 5.74) is 3.31. The Hall–Kier alpha value is -2.29. The van der Waals surface area contributed by atoms with Gasteiger partial charge in [0.25, 0.3) is 0 Å². The van der Waals surface area contributed by atoms with Crippen LogP contribution in [0.25, 0.3) is 5.65 Å². The third kappa shape index (κ3) is 6.12. The summed E-state index contributed by atoms with van der Waals surface area (Å²) in [4.78, 5) is 12.0. The van der Waals surface area contributed by atoms with Crippen molar-refractivity contribution < 1.29 is 4.74 Å². The molecule has 166 valence electrons. The first kappa shape index (κ1) is 23.4. The number of ether oxygens (including phenoxy) is 1. The summed E-state index contributed by atoms with van der Waals surface area (Å²) in [7, 11) is 0. The van der Waals surface area contributed by atoms with E-state index in [1.165, 1.54) is 5.56 Å². The van der Waals surface area contributed by atoms with E-state index in [4.69, 9.17) is 14.7 Å². The number of aryl methyl sites for hydroxylation is 1. The smallest absolute Gasteiger partial charge is 0.193 e. The summed E-state index contributed by atoms with van der Waals surface area (Å²) in [5, 5.41) is 3.45. The Kier molecular flexibility index (Phi) is 8.57. The summed E-state index contributed by atoms with van der Waals surface area (Å²) in [6, 6.07) is 14.3. The largest absolute Gasteiger partial charge is 0.490 e. The monoisotopic (exact) mass is 533 g/mol. The molecule has 0 radical (unpaired) electrons. The molecule has 0 spiro atoms. The lowest BCUT2D eigenvalue weighted by Crippen LogP contribution is -2.47. The maximum atomic E-state index is 6.12. The zero-order valence-electron chi connectivity index (χ0n) is 18.3. The number of imidazole rings is 1. The van der Waals surface area contributed by atoms with Crippen LogP contribution < -0.4 is 10.1 Å². The van der Waals surface area contributed by atoms with Crippen LogP contribution in [-0.4, -0.2) is 52.5 Å². The van der Waals surface area contributed by atoms with Crippen LogP contribution >= 0.6 is 24.0 Å². The molecule has 4 rings (SSSR count). The lowest BCUT2D eigenvalue weighted by molar-refractivity contribution is 0.129. The van der Waals surface area contributed by atoms with E-state index < -0.39 is 0 Å². The van der Waals surface area contributed by atoms with Gasteiger partial charge in [-0.2, -0.15) is 0 Å². The maximum Gasteiger partial charge on any atom is 0.193 e. The maximum absolute atomic E-state index is 6.12. The molecule has 0 bridgehead atoms. The molecule has 1 aromatic carbocycles. The van der Waals surface area contributed by atoms with Crippen molar-refractivity contribution in [1.29, 1.82) is 0 Å². The number of aliphatic imine (C=N–C) groups is 1. The highest BCUT2D eigenvalue weighted by molar-refractivity contribution is 14.0. The molecule has 7 heteroatoms. The number of nitrogens with zero attached hydrogens (tertiary/aromatic N) is 4. The number of nitrogens with one attached hydrogen (secondary N) is 1. The number of likely N-dealkylation sites (tertiary alicyclic amines) is 1. The Labute approximate surface area is 201 Å². The molecular weight excluding hydrogens is 501 g/mol. The van der Waals surface area contributed by atoms with E-state index in [0.717, 1.165) is 68.5 Å². The molecule has 1 aliphatic heterocycles. The van der Waals surface area contributed by atoms with E-state index in [1.807, 2.05) is 36.5 Å².